The van der Waals surface area contributed by atoms with Crippen LogP contribution < -0.4 is 0 Å². The molecule has 1 aromatic heterocycles. The van der Waals surface area contributed by atoms with Gasteiger partial charge in [0.1, 0.15) is 0 Å². The maximum absolute atomic E-state index is 5.81. The Kier molecular flexibility index (Phi) is 5.50. The lowest BCUT2D eigenvalue weighted by Crippen LogP contribution is -2.21. The average molecular weight is 361 g/mol. The minimum atomic E-state index is -0.386. The van der Waals surface area contributed by atoms with Crippen molar-refractivity contribution in [2.45, 2.75) is 46.6 Å². The summed E-state index contributed by atoms with van der Waals surface area (Å²) in [4.78, 5) is 5.81. The predicted octanol–water partition coefficient (Wildman–Crippen LogP) is 6.16. The zero-order valence-corrected chi connectivity index (χ0v) is 16.9. The molecule has 0 bridgehead atoms. The highest BCUT2D eigenvalue weighted by Gasteiger charge is 2.36. The van der Waals surface area contributed by atoms with E-state index in [1.54, 1.807) is 0 Å². The summed E-state index contributed by atoms with van der Waals surface area (Å²) in [5.74, 6) is 0. The van der Waals surface area contributed by atoms with Crippen molar-refractivity contribution in [3.05, 3.63) is 89.2 Å². The standard InChI is InChI=1S/C22H22N2O.C2H6/c1-16-13-17(2)24(15-16)20-11-9-18(10-12-20)21-14-22(3,25-23-21)19-7-5-4-6-8-19;1-2/h4-13,15H,14H2,1-3H3;1-2H3. The van der Waals surface area contributed by atoms with E-state index in [1.807, 2.05) is 32.0 Å². The number of hydrogen-bond donors (Lipinski definition) is 0. The summed E-state index contributed by atoms with van der Waals surface area (Å²) >= 11 is 0. The summed E-state index contributed by atoms with van der Waals surface area (Å²) in [6.45, 7) is 10.3. The number of aromatic nitrogens is 1. The molecule has 3 nitrogen and oxygen atoms in total. The Bertz CT molecular complexity index is 923. The zero-order chi connectivity index (χ0) is 19.4. The van der Waals surface area contributed by atoms with Gasteiger partial charge in [0.25, 0.3) is 0 Å². The van der Waals surface area contributed by atoms with Crippen molar-refractivity contribution in [3.8, 4) is 5.69 Å². The van der Waals surface area contributed by atoms with E-state index in [1.165, 1.54) is 16.9 Å². The Balaban J connectivity index is 0.00000102. The molecule has 0 aliphatic carbocycles. The van der Waals surface area contributed by atoms with Crippen molar-refractivity contribution in [3.63, 3.8) is 0 Å². The van der Waals surface area contributed by atoms with E-state index < -0.39 is 0 Å². The van der Waals surface area contributed by atoms with E-state index >= 15 is 0 Å². The second-order valence-corrected chi connectivity index (χ2v) is 6.98. The van der Waals surface area contributed by atoms with Crippen LogP contribution in [0.1, 0.15) is 49.6 Å². The first kappa shape index (κ1) is 19.0. The Morgan fingerprint density at radius 1 is 0.963 bits per heavy atom. The van der Waals surface area contributed by atoms with Gasteiger partial charge in [0.15, 0.2) is 5.60 Å². The molecule has 3 heteroatoms. The summed E-state index contributed by atoms with van der Waals surface area (Å²) in [6, 6.07) is 21.0. The third kappa shape index (κ3) is 3.82. The summed E-state index contributed by atoms with van der Waals surface area (Å²) in [7, 11) is 0. The van der Waals surface area contributed by atoms with Crippen molar-refractivity contribution < 1.29 is 4.84 Å². The molecule has 0 radical (unpaired) electrons. The van der Waals surface area contributed by atoms with Crippen LogP contribution in [-0.4, -0.2) is 10.3 Å². The van der Waals surface area contributed by atoms with Crippen LogP contribution in [0.3, 0.4) is 0 Å². The van der Waals surface area contributed by atoms with Gasteiger partial charge < -0.3 is 9.40 Å². The first-order chi connectivity index (χ1) is 13.0. The molecule has 140 valence electrons. The average Bonchev–Trinajstić information content (AvgIpc) is 3.27. The molecule has 27 heavy (non-hydrogen) atoms. The largest absolute Gasteiger partial charge is 0.384 e. The summed E-state index contributed by atoms with van der Waals surface area (Å²) in [6.07, 6.45) is 2.94. The van der Waals surface area contributed by atoms with Crippen LogP contribution in [0, 0.1) is 13.8 Å². The van der Waals surface area contributed by atoms with Gasteiger partial charge in [-0.3, -0.25) is 0 Å². The molecule has 3 aromatic rings. The third-order valence-electron chi connectivity index (χ3n) is 4.87. The van der Waals surface area contributed by atoms with Gasteiger partial charge in [-0.15, -0.1) is 0 Å². The second kappa shape index (κ2) is 7.83. The fourth-order valence-electron chi connectivity index (χ4n) is 3.47. The van der Waals surface area contributed by atoms with Crippen molar-refractivity contribution in [1.29, 1.82) is 0 Å². The monoisotopic (exact) mass is 360 g/mol. The molecule has 1 unspecified atom stereocenters. The van der Waals surface area contributed by atoms with E-state index in [0.29, 0.717) is 0 Å². The fraction of sp³-hybridized carbons (Fsp3) is 0.292. The number of nitrogens with zero attached hydrogens (tertiary/aromatic N) is 2. The zero-order valence-electron chi connectivity index (χ0n) is 16.9. The van der Waals surface area contributed by atoms with Crippen LogP contribution >= 0.6 is 0 Å². The van der Waals surface area contributed by atoms with Gasteiger partial charge >= 0.3 is 0 Å². The molecule has 2 heterocycles. The molecule has 0 fully saturated rings. The second-order valence-electron chi connectivity index (χ2n) is 6.98. The molecule has 4 rings (SSSR count). The van der Waals surface area contributed by atoms with Crippen LogP contribution in [0.2, 0.25) is 0 Å². The molecule has 0 N–H and O–H groups in total. The van der Waals surface area contributed by atoms with Gasteiger partial charge in [0.05, 0.1) is 5.71 Å². The molecule has 0 amide bonds. The van der Waals surface area contributed by atoms with E-state index in [4.69, 9.17) is 4.84 Å². The van der Waals surface area contributed by atoms with Crippen LogP contribution in [0.15, 0.2) is 72.0 Å². The van der Waals surface area contributed by atoms with Gasteiger partial charge in [-0.25, -0.2) is 0 Å². The van der Waals surface area contributed by atoms with E-state index in [2.05, 4.69) is 79.2 Å². The highest BCUT2D eigenvalue weighted by atomic mass is 16.7. The maximum Gasteiger partial charge on any atom is 0.165 e. The lowest BCUT2D eigenvalue weighted by molar-refractivity contribution is -0.00738. The minimum absolute atomic E-state index is 0.386. The molecule has 0 saturated carbocycles. The van der Waals surface area contributed by atoms with E-state index in [-0.39, 0.29) is 5.60 Å². The summed E-state index contributed by atoms with van der Waals surface area (Å²) < 4.78 is 2.21. The predicted molar refractivity (Wildman–Crippen MR) is 113 cm³/mol. The fourth-order valence-corrected chi connectivity index (χ4v) is 3.47. The smallest absolute Gasteiger partial charge is 0.165 e. The molecular weight excluding hydrogens is 332 g/mol. The Hall–Kier alpha value is -2.81. The van der Waals surface area contributed by atoms with Gasteiger partial charge in [-0.2, -0.15) is 0 Å². The van der Waals surface area contributed by atoms with Crippen LogP contribution in [0.25, 0.3) is 5.69 Å². The van der Waals surface area contributed by atoms with Crippen LogP contribution in [0.5, 0.6) is 0 Å². The molecular formula is C24H28N2O. The normalized spacial score (nSPS) is 18.3. The number of aryl methyl sites for hydroxylation is 2. The van der Waals surface area contributed by atoms with E-state index in [0.717, 1.165) is 23.3 Å². The van der Waals surface area contributed by atoms with Crippen molar-refractivity contribution in [1.82, 2.24) is 4.57 Å². The lowest BCUT2D eigenvalue weighted by Gasteiger charge is -2.21. The first-order valence-electron chi connectivity index (χ1n) is 9.62. The molecule has 2 aromatic carbocycles. The van der Waals surface area contributed by atoms with Gasteiger partial charge in [-0.1, -0.05) is 61.5 Å². The van der Waals surface area contributed by atoms with E-state index in [9.17, 15) is 0 Å². The molecule has 1 aliphatic rings. The lowest BCUT2D eigenvalue weighted by atomic mass is 9.89. The highest BCUT2D eigenvalue weighted by Crippen LogP contribution is 2.35. The molecule has 0 saturated heterocycles. The Morgan fingerprint density at radius 2 is 1.63 bits per heavy atom. The van der Waals surface area contributed by atoms with Crippen LogP contribution in [-0.2, 0) is 10.4 Å². The van der Waals surface area contributed by atoms with Gasteiger partial charge in [-0.05, 0) is 55.7 Å². The van der Waals surface area contributed by atoms with Crippen LogP contribution in [0.4, 0.5) is 0 Å². The minimum Gasteiger partial charge on any atom is -0.384 e. The maximum atomic E-state index is 5.81. The molecule has 1 atom stereocenters. The number of rotatable bonds is 3. The number of hydrogen-bond acceptors (Lipinski definition) is 2. The van der Waals surface area contributed by atoms with Crippen molar-refractivity contribution in [2.24, 2.45) is 5.16 Å². The van der Waals surface area contributed by atoms with Gasteiger partial charge in [0.2, 0.25) is 0 Å². The van der Waals surface area contributed by atoms with Crippen molar-refractivity contribution >= 4 is 5.71 Å². The van der Waals surface area contributed by atoms with Crippen molar-refractivity contribution in [2.75, 3.05) is 0 Å². The number of benzene rings is 2. The summed E-state index contributed by atoms with van der Waals surface area (Å²) in [5, 5.41) is 4.37. The number of oxime groups is 1. The molecule has 0 spiro atoms. The Labute approximate surface area is 162 Å². The SMILES string of the molecule is CC.Cc1cc(C)n(-c2ccc(C3=NOC(C)(c4ccccc4)C3)cc2)c1. The van der Waals surface area contributed by atoms with Gasteiger partial charge in [0, 0.05) is 24.0 Å². The third-order valence-corrected chi connectivity index (χ3v) is 4.87. The molecule has 1 aliphatic heterocycles. The summed E-state index contributed by atoms with van der Waals surface area (Å²) in [5.41, 5.74) is 6.56. The topological polar surface area (TPSA) is 26.5 Å². The quantitative estimate of drug-likeness (QED) is 0.549. The Morgan fingerprint density at radius 3 is 2.22 bits per heavy atom. The highest BCUT2D eigenvalue weighted by molar-refractivity contribution is 6.01. The first-order valence-corrected chi connectivity index (χ1v) is 9.62.